The maximum atomic E-state index is 5.09. The normalized spacial score (nSPS) is 12.9. The van der Waals surface area contributed by atoms with Crippen LogP contribution >= 0.6 is 0 Å². The van der Waals surface area contributed by atoms with E-state index in [4.69, 9.17) is 9.97 Å². The average Bonchev–Trinajstić information content (AvgIpc) is 1.37. The third-order valence-electron chi connectivity index (χ3n) is 27.7. The summed E-state index contributed by atoms with van der Waals surface area (Å²) in [7, 11) is 0. The van der Waals surface area contributed by atoms with Crippen molar-refractivity contribution in [3.8, 4) is 96.5 Å². The van der Waals surface area contributed by atoms with E-state index in [1.54, 1.807) is 0 Å². The molecule has 11 nitrogen and oxygen atoms in total. The number of pyridine rings is 2. The molecule has 5 heterocycles. The lowest BCUT2D eigenvalue weighted by atomic mass is 9.78. The zero-order valence-electron chi connectivity index (χ0n) is 74.5. The Labute approximate surface area is 791 Å². The van der Waals surface area contributed by atoms with Crippen LogP contribution in [0.4, 0.5) is 0 Å². The van der Waals surface area contributed by atoms with Crippen LogP contribution in [0.15, 0.2) is 455 Å². The summed E-state index contributed by atoms with van der Waals surface area (Å²) in [5.74, 6) is 4.93. The highest BCUT2D eigenvalue weighted by Gasteiger charge is 2.30. The van der Waals surface area contributed by atoms with Crippen LogP contribution in [0.1, 0.15) is 67.0 Å². The minimum atomic E-state index is 0.821. The zero-order valence-corrected chi connectivity index (χ0v) is 74.5. The number of allylic oxidation sites excluding steroid dienone is 4. The zero-order chi connectivity index (χ0) is 90.4. The van der Waals surface area contributed by atoms with Crippen molar-refractivity contribution in [2.24, 2.45) is 0 Å². The molecule has 0 saturated heterocycles. The minimum Gasteiger partial charge on any atom is -0.275 e. The molecule has 0 fully saturated rings. The second-order valence-electron chi connectivity index (χ2n) is 35.5. The van der Waals surface area contributed by atoms with E-state index in [2.05, 4.69) is 384 Å². The lowest BCUT2D eigenvalue weighted by molar-refractivity contribution is 1.07. The van der Waals surface area contributed by atoms with E-state index in [1.165, 1.54) is 148 Å². The summed E-state index contributed by atoms with van der Waals surface area (Å²) >= 11 is 0. The van der Waals surface area contributed by atoms with Crippen molar-refractivity contribution in [2.75, 3.05) is 0 Å². The number of benzene rings is 19. The lowest BCUT2D eigenvalue weighted by Crippen LogP contribution is -2.07. The van der Waals surface area contributed by atoms with Gasteiger partial charge >= 0.3 is 0 Å². The highest BCUT2D eigenvalue weighted by atomic mass is 15.3. The summed E-state index contributed by atoms with van der Waals surface area (Å²) in [5, 5.41) is 44.8. The summed E-state index contributed by atoms with van der Waals surface area (Å²) in [6.45, 7) is 0. The molecule has 0 atom stereocenters. The number of nitrogens with zero attached hydrogens (tertiary/aromatic N) is 11. The molecular formula is C126H83N11. The van der Waals surface area contributed by atoms with Crippen molar-refractivity contribution in [3.05, 3.63) is 522 Å². The van der Waals surface area contributed by atoms with Gasteiger partial charge in [0.2, 0.25) is 0 Å². The fourth-order valence-electron chi connectivity index (χ4n) is 21.2. The standard InChI is InChI=1S/2C45H30N4.C36H23N3/c1-3-10-33(11-4-1)44-47-48-45(34-12-5-2-6-13-34)49(44)35-22-15-29(16-23-35)36-24-17-31-20-27-39-37(25-18-32-19-26-38(36)42(31)43(32)39)41-28-21-30-9-7-8-14-40(30)46-41;1-3-9-32(10-4-1)44-47-48-45(33-11-5-2-6-12-33)49(44)36-21-15-29(16-22-36)37-23-17-30-20-26-40-38(24-18-31-19-25-39(37)42(30)43(31)40)41-27-34-13-7-8-14-35(34)28-46-41;1-3-8-28(9-4-1)35-37-38-36(29-10-5-2-6-11-29)39(35)30-20-16-24(17-21-30)31-22-18-27-15-14-25-12-7-13-26-19-23-32(31)34(27)33(25)26/h2*1-16,19-28H,17-18H2;1-23H. The highest BCUT2D eigenvalue weighted by Crippen LogP contribution is 2.49. The molecule has 0 unspecified atom stereocenters. The van der Waals surface area contributed by atoms with Gasteiger partial charge in [-0.05, 0) is 217 Å². The van der Waals surface area contributed by atoms with Crippen LogP contribution in [0.2, 0.25) is 0 Å². The Kier molecular flexibility index (Phi) is 19.6. The van der Waals surface area contributed by atoms with Crippen LogP contribution in [-0.4, -0.2) is 54.3 Å². The number of aromatic nitrogens is 11. The number of para-hydroxylation sites is 1. The van der Waals surface area contributed by atoms with Crippen molar-refractivity contribution in [1.82, 2.24) is 54.3 Å². The van der Waals surface area contributed by atoms with E-state index in [1.807, 2.05) is 115 Å². The first-order valence-electron chi connectivity index (χ1n) is 46.8. The molecule has 19 aromatic carbocycles. The van der Waals surface area contributed by atoms with Crippen LogP contribution < -0.4 is 0 Å². The summed E-state index contributed by atoms with van der Waals surface area (Å²) < 4.78 is 6.48. The molecule has 0 spiro atoms. The van der Waals surface area contributed by atoms with Crippen LogP contribution in [0, 0.1) is 0 Å². The van der Waals surface area contributed by atoms with Crippen LogP contribution in [-0.2, 0) is 25.7 Å². The average molecular weight is 1750 g/mol. The smallest absolute Gasteiger partial charge is 0.168 e. The number of rotatable bonds is 14. The molecule has 4 aliphatic rings. The quantitative estimate of drug-likeness (QED) is 0.0988. The first-order chi connectivity index (χ1) is 67.9. The van der Waals surface area contributed by atoms with Crippen molar-refractivity contribution in [2.45, 2.75) is 25.7 Å². The molecule has 0 aliphatic heterocycles. The molecule has 0 radical (unpaired) electrons. The van der Waals surface area contributed by atoms with Gasteiger partial charge < -0.3 is 0 Å². The van der Waals surface area contributed by atoms with Gasteiger partial charge in [-0.1, -0.05) is 394 Å². The van der Waals surface area contributed by atoms with Gasteiger partial charge in [-0.25, -0.2) is 4.98 Å². The van der Waals surface area contributed by atoms with E-state index in [9.17, 15) is 0 Å². The fraction of sp³-hybridized carbons (Fsp3) is 0.0317. The summed E-state index contributed by atoms with van der Waals surface area (Å²) in [6.07, 6.45) is 15.1. The lowest BCUT2D eigenvalue weighted by Gasteiger charge is -2.26. The Morgan fingerprint density at radius 1 is 0.190 bits per heavy atom. The molecule has 11 heteroatoms. The molecule has 0 N–H and O–H groups in total. The molecule has 5 aromatic heterocycles. The third-order valence-corrected chi connectivity index (χ3v) is 27.7. The molecule has 4 aliphatic carbocycles. The topological polar surface area (TPSA) is 118 Å². The molecule has 0 bridgehead atoms. The summed E-state index contributed by atoms with van der Waals surface area (Å²) in [6, 6.07) is 150. The van der Waals surface area contributed by atoms with E-state index in [0.29, 0.717) is 0 Å². The predicted octanol–water partition coefficient (Wildman–Crippen LogP) is 29.7. The Hall–Kier alpha value is -18.1. The molecule has 0 saturated carbocycles. The summed E-state index contributed by atoms with van der Waals surface area (Å²) in [4.78, 5) is 10.0. The molecular weight excluding hydrogens is 1670 g/mol. The maximum absolute atomic E-state index is 5.09. The van der Waals surface area contributed by atoms with Crippen molar-refractivity contribution in [3.63, 3.8) is 0 Å². The SMILES string of the molecule is C1=C(c2ccc(-n3c(-c4ccccc4)nnc3-c3ccccc3)cc2)c2ccc3c4c(ccc(c24)C1)C(c1cc2ccccc2cn1)=CC3.C1=C(c2ccc(-n3c(-c4ccccc4)nnc3-c3ccccc3)cc2)c2ccc3c4c(ccc(c24)C1)C(c1ccc2ccccc2n1)=CC3.c1ccc(-c2nnc(-c3ccccc3)n2-c2ccc(-c3ccc4ccc5cccc6ccc3c4c56)cc2)cc1. The second kappa shape index (κ2) is 33.6. The van der Waals surface area contributed by atoms with Gasteiger partial charge in [0.15, 0.2) is 34.9 Å². The Balaban J connectivity index is 0.000000107. The van der Waals surface area contributed by atoms with Crippen molar-refractivity contribution >= 4 is 97.8 Å². The Bertz CT molecular complexity index is 8450. The minimum absolute atomic E-state index is 0.821. The Morgan fingerprint density at radius 2 is 0.496 bits per heavy atom. The van der Waals surface area contributed by atoms with E-state index >= 15 is 0 Å². The van der Waals surface area contributed by atoms with Gasteiger partial charge in [-0.3, -0.25) is 18.7 Å². The number of hydrogen-bond donors (Lipinski definition) is 0. The van der Waals surface area contributed by atoms with Gasteiger partial charge in [-0.2, -0.15) is 0 Å². The summed E-state index contributed by atoms with van der Waals surface area (Å²) in [5.41, 5.74) is 32.8. The molecule has 28 rings (SSSR count). The largest absolute Gasteiger partial charge is 0.275 e. The predicted molar refractivity (Wildman–Crippen MR) is 560 cm³/mol. The fourth-order valence-corrected chi connectivity index (χ4v) is 21.2. The van der Waals surface area contributed by atoms with Gasteiger partial charge in [-0.15, -0.1) is 30.6 Å². The third kappa shape index (κ3) is 14.0. The first-order valence-corrected chi connectivity index (χ1v) is 46.8. The van der Waals surface area contributed by atoms with E-state index < -0.39 is 0 Å². The maximum Gasteiger partial charge on any atom is 0.168 e. The molecule has 24 aromatic rings. The van der Waals surface area contributed by atoms with Gasteiger partial charge in [0.05, 0.1) is 16.9 Å². The Morgan fingerprint density at radius 3 is 0.905 bits per heavy atom. The number of hydrogen-bond acceptors (Lipinski definition) is 8. The highest BCUT2D eigenvalue weighted by molar-refractivity contribution is 6.25. The monoisotopic (exact) mass is 1750 g/mol. The van der Waals surface area contributed by atoms with Crippen LogP contribution in [0.25, 0.3) is 194 Å². The van der Waals surface area contributed by atoms with Crippen LogP contribution in [0.3, 0.4) is 0 Å². The molecule has 0 amide bonds. The van der Waals surface area contributed by atoms with Crippen molar-refractivity contribution in [1.29, 1.82) is 0 Å². The molecule has 137 heavy (non-hydrogen) atoms. The van der Waals surface area contributed by atoms with E-state index in [0.717, 1.165) is 139 Å². The van der Waals surface area contributed by atoms with Gasteiger partial charge in [0.25, 0.3) is 0 Å². The molecule has 642 valence electrons. The number of fused-ring (bicyclic) bond motifs is 2. The van der Waals surface area contributed by atoms with E-state index in [-0.39, 0.29) is 0 Å². The van der Waals surface area contributed by atoms with Crippen molar-refractivity contribution < 1.29 is 0 Å². The van der Waals surface area contributed by atoms with Gasteiger partial charge in [0, 0.05) is 78.6 Å². The first kappa shape index (κ1) is 79.9. The van der Waals surface area contributed by atoms with Crippen LogP contribution in [0.5, 0.6) is 0 Å². The van der Waals surface area contributed by atoms with Gasteiger partial charge in [0.1, 0.15) is 0 Å². The second-order valence-corrected chi connectivity index (χ2v) is 35.5.